The SMILES string of the molecule is Cc1ccc(NC(=O)C2=NN([C@@H]3CCS(=O)(=O)C3)C(=O)CC2)c(Cl)c1. The highest BCUT2D eigenvalue weighted by atomic mass is 35.5. The molecular formula is C16H18ClN3O4S. The van der Waals surface area contributed by atoms with Crippen LogP contribution in [0.15, 0.2) is 23.3 Å². The Balaban J connectivity index is 1.77. The second kappa shape index (κ2) is 6.76. The summed E-state index contributed by atoms with van der Waals surface area (Å²) < 4.78 is 23.3. The minimum Gasteiger partial charge on any atom is -0.320 e. The van der Waals surface area contributed by atoms with Gasteiger partial charge in [-0.25, -0.2) is 13.4 Å². The van der Waals surface area contributed by atoms with Crippen molar-refractivity contribution < 1.29 is 18.0 Å². The van der Waals surface area contributed by atoms with Crippen LogP contribution in [-0.4, -0.2) is 48.5 Å². The number of carbonyl (C=O) groups is 2. The summed E-state index contributed by atoms with van der Waals surface area (Å²) in [6.07, 6.45) is 0.685. The van der Waals surface area contributed by atoms with Gasteiger partial charge >= 0.3 is 0 Å². The molecule has 2 amide bonds. The molecule has 0 radical (unpaired) electrons. The summed E-state index contributed by atoms with van der Waals surface area (Å²) in [5, 5.41) is 8.41. The molecular weight excluding hydrogens is 366 g/mol. The number of sulfone groups is 1. The van der Waals surface area contributed by atoms with Crippen molar-refractivity contribution >= 4 is 44.7 Å². The molecule has 0 spiro atoms. The summed E-state index contributed by atoms with van der Waals surface area (Å²) in [6, 6.07) is 4.76. The number of benzene rings is 1. The Labute approximate surface area is 150 Å². The van der Waals surface area contributed by atoms with E-state index in [1.807, 2.05) is 13.0 Å². The average Bonchev–Trinajstić information content (AvgIpc) is 2.90. The first-order valence-electron chi connectivity index (χ1n) is 7.92. The summed E-state index contributed by atoms with van der Waals surface area (Å²) in [4.78, 5) is 24.5. The molecule has 1 atom stereocenters. The van der Waals surface area contributed by atoms with Crippen LogP contribution < -0.4 is 5.32 Å². The molecule has 0 saturated carbocycles. The molecule has 25 heavy (non-hydrogen) atoms. The fraction of sp³-hybridized carbons (Fsp3) is 0.438. The number of anilines is 1. The molecule has 0 bridgehead atoms. The Bertz CT molecular complexity index is 866. The second-order valence-corrected chi connectivity index (χ2v) is 8.92. The number of nitrogens with zero attached hydrogens (tertiary/aromatic N) is 2. The van der Waals surface area contributed by atoms with E-state index in [1.165, 1.54) is 5.01 Å². The van der Waals surface area contributed by atoms with Crippen molar-refractivity contribution in [2.75, 3.05) is 16.8 Å². The molecule has 0 unspecified atom stereocenters. The number of aryl methyl sites for hydroxylation is 1. The lowest BCUT2D eigenvalue weighted by Gasteiger charge is -2.27. The van der Waals surface area contributed by atoms with Crippen LogP contribution in [0.2, 0.25) is 5.02 Å². The van der Waals surface area contributed by atoms with Crippen molar-refractivity contribution in [3.63, 3.8) is 0 Å². The van der Waals surface area contributed by atoms with Gasteiger partial charge in [-0.15, -0.1) is 0 Å². The first-order valence-corrected chi connectivity index (χ1v) is 10.1. The Hall–Kier alpha value is -1.93. The Kier molecular flexibility index (Phi) is 4.83. The summed E-state index contributed by atoms with van der Waals surface area (Å²) in [5.74, 6) is -0.769. The molecule has 1 saturated heterocycles. The normalized spacial score (nSPS) is 22.6. The van der Waals surface area contributed by atoms with Gasteiger partial charge in [0.15, 0.2) is 9.84 Å². The van der Waals surface area contributed by atoms with Gasteiger partial charge < -0.3 is 5.32 Å². The monoisotopic (exact) mass is 383 g/mol. The number of rotatable bonds is 3. The largest absolute Gasteiger partial charge is 0.320 e. The lowest BCUT2D eigenvalue weighted by Crippen LogP contribution is -2.42. The maximum Gasteiger partial charge on any atom is 0.271 e. The standard InChI is InChI=1S/C16H18ClN3O4S/c1-10-2-3-13(12(17)8-10)18-16(22)14-4-5-15(21)20(19-14)11-6-7-25(23,24)9-11/h2-3,8,11H,4-7,9H2,1H3,(H,18,22)/t11-/m1/s1. The number of hydrogen-bond acceptors (Lipinski definition) is 5. The third kappa shape index (κ3) is 4.01. The molecule has 2 aliphatic heterocycles. The quantitative estimate of drug-likeness (QED) is 0.860. The smallest absolute Gasteiger partial charge is 0.271 e. The van der Waals surface area contributed by atoms with E-state index >= 15 is 0 Å². The van der Waals surface area contributed by atoms with Crippen LogP contribution in [-0.2, 0) is 19.4 Å². The van der Waals surface area contributed by atoms with E-state index in [1.54, 1.807) is 12.1 Å². The van der Waals surface area contributed by atoms with E-state index in [0.29, 0.717) is 17.1 Å². The van der Waals surface area contributed by atoms with Crippen molar-refractivity contribution in [1.82, 2.24) is 5.01 Å². The fourth-order valence-electron chi connectivity index (χ4n) is 2.90. The third-order valence-corrected chi connectivity index (χ3v) is 6.31. The lowest BCUT2D eigenvalue weighted by molar-refractivity contribution is -0.133. The minimum atomic E-state index is -3.15. The van der Waals surface area contributed by atoms with Gasteiger partial charge in [0.05, 0.1) is 28.3 Å². The van der Waals surface area contributed by atoms with Crippen molar-refractivity contribution in [2.24, 2.45) is 5.10 Å². The molecule has 2 heterocycles. The molecule has 1 aromatic carbocycles. The number of hydrazone groups is 1. The van der Waals surface area contributed by atoms with Crippen molar-refractivity contribution in [2.45, 2.75) is 32.2 Å². The minimum absolute atomic E-state index is 0.0392. The number of halogens is 1. The molecule has 0 aliphatic carbocycles. The van der Waals surface area contributed by atoms with Gasteiger partial charge in [0.2, 0.25) is 5.91 Å². The zero-order chi connectivity index (χ0) is 18.2. The van der Waals surface area contributed by atoms with Crippen LogP contribution in [0.25, 0.3) is 0 Å². The zero-order valence-corrected chi connectivity index (χ0v) is 15.2. The topological polar surface area (TPSA) is 95.9 Å². The van der Waals surface area contributed by atoms with Gasteiger partial charge in [0, 0.05) is 12.8 Å². The van der Waals surface area contributed by atoms with Crippen LogP contribution in [0.5, 0.6) is 0 Å². The first kappa shape index (κ1) is 17.9. The predicted octanol–water partition coefficient (Wildman–Crippen LogP) is 1.75. The summed E-state index contributed by atoms with van der Waals surface area (Å²) in [5.41, 5.74) is 1.63. The van der Waals surface area contributed by atoms with Crippen LogP contribution in [0, 0.1) is 6.92 Å². The first-order chi connectivity index (χ1) is 11.7. The highest BCUT2D eigenvalue weighted by molar-refractivity contribution is 7.91. The lowest BCUT2D eigenvalue weighted by atomic mass is 10.1. The third-order valence-electron chi connectivity index (χ3n) is 4.25. The van der Waals surface area contributed by atoms with E-state index < -0.39 is 21.8 Å². The maximum absolute atomic E-state index is 12.4. The molecule has 2 aliphatic rings. The summed E-state index contributed by atoms with van der Waals surface area (Å²) >= 11 is 6.11. The molecule has 134 valence electrons. The molecule has 1 aromatic rings. The summed E-state index contributed by atoms with van der Waals surface area (Å²) in [7, 11) is -3.15. The molecule has 1 fully saturated rings. The van der Waals surface area contributed by atoms with Crippen molar-refractivity contribution in [1.29, 1.82) is 0 Å². The number of carbonyl (C=O) groups excluding carboxylic acids is 2. The fourth-order valence-corrected chi connectivity index (χ4v) is 4.88. The van der Waals surface area contributed by atoms with Crippen LogP contribution in [0.1, 0.15) is 24.8 Å². The molecule has 0 aromatic heterocycles. The van der Waals surface area contributed by atoms with Gasteiger partial charge in [-0.05, 0) is 31.0 Å². The number of hydrogen-bond donors (Lipinski definition) is 1. The highest BCUT2D eigenvalue weighted by Crippen LogP contribution is 2.25. The summed E-state index contributed by atoms with van der Waals surface area (Å²) in [6.45, 7) is 1.89. The molecule has 7 nitrogen and oxygen atoms in total. The van der Waals surface area contributed by atoms with Crippen LogP contribution in [0.4, 0.5) is 5.69 Å². The van der Waals surface area contributed by atoms with Gasteiger partial charge in [0.25, 0.3) is 5.91 Å². The van der Waals surface area contributed by atoms with Gasteiger partial charge in [-0.2, -0.15) is 5.10 Å². The molecule has 9 heteroatoms. The van der Waals surface area contributed by atoms with Crippen molar-refractivity contribution in [3.05, 3.63) is 28.8 Å². The van der Waals surface area contributed by atoms with Crippen LogP contribution in [0.3, 0.4) is 0 Å². The zero-order valence-electron chi connectivity index (χ0n) is 13.7. The van der Waals surface area contributed by atoms with E-state index in [0.717, 1.165) is 5.56 Å². The van der Waals surface area contributed by atoms with Crippen LogP contribution >= 0.6 is 11.6 Å². The highest BCUT2D eigenvalue weighted by Gasteiger charge is 2.37. The number of nitrogens with one attached hydrogen (secondary N) is 1. The van der Waals surface area contributed by atoms with E-state index in [2.05, 4.69) is 10.4 Å². The van der Waals surface area contributed by atoms with Gasteiger partial charge in [0.1, 0.15) is 5.71 Å². The van der Waals surface area contributed by atoms with E-state index in [4.69, 9.17) is 11.6 Å². The predicted molar refractivity (Wildman–Crippen MR) is 95.4 cm³/mol. The molecule has 1 N–H and O–H groups in total. The van der Waals surface area contributed by atoms with Gasteiger partial charge in [-0.3, -0.25) is 9.59 Å². The number of amides is 2. The Morgan fingerprint density at radius 1 is 1.36 bits per heavy atom. The average molecular weight is 384 g/mol. The Morgan fingerprint density at radius 3 is 2.76 bits per heavy atom. The van der Waals surface area contributed by atoms with Crippen molar-refractivity contribution in [3.8, 4) is 0 Å². The second-order valence-electron chi connectivity index (χ2n) is 6.28. The van der Waals surface area contributed by atoms with E-state index in [-0.39, 0.29) is 36.0 Å². The maximum atomic E-state index is 12.4. The molecule has 3 rings (SSSR count). The van der Waals surface area contributed by atoms with Gasteiger partial charge in [-0.1, -0.05) is 17.7 Å². The van der Waals surface area contributed by atoms with E-state index in [9.17, 15) is 18.0 Å². The Morgan fingerprint density at radius 2 is 2.12 bits per heavy atom.